The Morgan fingerprint density at radius 3 is 2.69 bits per heavy atom. The Labute approximate surface area is 169 Å². The van der Waals surface area contributed by atoms with Crippen molar-refractivity contribution in [3.8, 4) is 5.75 Å². The quantitative estimate of drug-likeness (QED) is 0.233. The molecule has 1 aromatic heterocycles. The number of ether oxygens (including phenoxy) is 2. The first-order chi connectivity index (χ1) is 14.0. The van der Waals surface area contributed by atoms with E-state index in [2.05, 4.69) is 4.98 Å². The topological polar surface area (TPSA) is 91.6 Å². The summed E-state index contributed by atoms with van der Waals surface area (Å²) < 4.78 is 23.5. The lowest BCUT2D eigenvalue weighted by molar-refractivity contribution is -0.385. The number of nitrogens with zero attached hydrogens (tertiary/aromatic N) is 2. The predicted molar refractivity (Wildman–Crippen MR) is 105 cm³/mol. The standard InChI is InChI=1S/C20H15FN2O5S/c21-15-6-8-17(9-7-15)27-12-19-22-16(13-29-19)11-28-20(24)10-5-14-3-1-2-4-18(14)23(25)26/h1-10,13H,11-12H2/b10-5+. The zero-order valence-electron chi connectivity index (χ0n) is 15.0. The third kappa shape index (κ3) is 5.94. The minimum Gasteiger partial charge on any atom is -0.486 e. The minimum absolute atomic E-state index is 0.0346. The molecule has 0 amide bonds. The van der Waals surface area contributed by atoms with Crippen LogP contribution in [0.3, 0.4) is 0 Å². The van der Waals surface area contributed by atoms with Gasteiger partial charge in [0, 0.05) is 17.5 Å². The lowest BCUT2D eigenvalue weighted by atomic mass is 10.1. The van der Waals surface area contributed by atoms with E-state index >= 15 is 0 Å². The molecule has 0 radical (unpaired) electrons. The van der Waals surface area contributed by atoms with Crippen LogP contribution >= 0.6 is 11.3 Å². The maximum absolute atomic E-state index is 12.9. The number of nitro groups is 1. The molecule has 7 nitrogen and oxygen atoms in total. The highest BCUT2D eigenvalue weighted by Gasteiger charge is 2.10. The summed E-state index contributed by atoms with van der Waals surface area (Å²) in [6, 6.07) is 11.7. The Bertz CT molecular complexity index is 1030. The van der Waals surface area contributed by atoms with Crippen LogP contribution in [0.25, 0.3) is 6.08 Å². The lowest BCUT2D eigenvalue weighted by Crippen LogP contribution is -2.02. The van der Waals surface area contributed by atoms with Gasteiger partial charge in [-0.05, 0) is 36.4 Å². The molecule has 0 spiro atoms. The summed E-state index contributed by atoms with van der Waals surface area (Å²) >= 11 is 1.34. The number of esters is 1. The molecular weight excluding hydrogens is 399 g/mol. The average molecular weight is 414 g/mol. The molecule has 0 aliphatic heterocycles. The van der Waals surface area contributed by atoms with E-state index in [0.29, 0.717) is 22.0 Å². The Hall–Kier alpha value is -3.59. The molecule has 0 saturated heterocycles. The van der Waals surface area contributed by atoms with Gasteiger partial charge in [0.25, 0.3) is 5.69 Å². The molecule has 0 N–H and O–H groups in total. The van der Waals surface area contributed by atoms with Crippen LogP contribution in [0.15, 0.2) is 60.0 Å². The normalized spacial score (nSPS) is 10.8. The van der Waals surface area contributed by atoms with Gasteiger partial charge in [0.1, 0.15) is 29.8 Å². The van der Waals surface area contributed by atoms with E-state index in [-0.39, 0.29) is 24.7 Å². The summed E-state index contributed by atoms with van der Waals surface area (Å²) in [7, 11) is 0. The summed E-state index contributed by atoms with van der Waals surface area (Å²) in [4.78, 5) is 26.6. The molecule has 0 fully saturated rings. The van der Waals surface area contributed by atoms with Gasteiger partial charge in [0.15, 0.2) is 0 Å². The fourth-order valence-corrected chi connectivity index (χ4v) is 2.99. The number of benzene rings is 2. The van der Waals surface area contributed by atoms with Gasteiger partial charge < -0.3 is 9.47 Å². The molecular formula is C20H15FN2O5S. The lowest BCUT2D eigenvalue weighted by Gasteiger charge is -2.03. The number of halogens is 1. The minimum atomic E-state index is -0.639. The van der Waals surface area contributed by atoms with Crippen LogP contribution in [0.1, 0.15) is 16.3 Å². The van der Waals surface area contributed by atoms with E-state index in [1.54, 1.807) is 17.5 Å². The molecule has 0 aliphatic carbocycles. The first kappa shape index (κ1) is 20.2. The van der Waals surface area contributed by atoms with E-state index in [4.69, 9.17) is 9.47 Å². The number of thiazole rings is 1. The molecule has 0 atom stereocenters. The van der Waals surface area contributed by atoms with Crippen LogP contribution in [0.4, 0.5) is 10.1 Å². The fourth-order valence-electron chi connectivity index (χ4n) is 2.30. The van der Waals surface area contributed by atoms with Crippen molar-refractivity contribution in [2.45, 2.75) is 13.2 Å². The van der Waals surface area contributed by atoms with Gasteiger partial charge in [-0.15, -0.1) is 11.3 Å². The molecule has 1 heterocycles. The van der Waals surface area contributed by atoms with Crippen molar-refractivity contribution in [1.82, 2.24) is 4.98 Å². The van der Waals surface area contributed by atoms with Gasteiger partial charge in [-0.25, -0.2) is 14.2 Å². The van der Waals surface area contributed by atoms with E-state index in [1.807, 2.05) is 0 Å². The number of aromatic nitrogens is 1. The van der Waals surface area contributed by atoms with E-state index in [1.165, 1.54) is 53.8 Å². The summed E-state index contributed by atoms with van der Waals surface area (Å²) in [5, 5.41) is 13.4. The maximum Gasteiger partial charge on any atom is 0.331 e. The fraction of sp³-hybridized carbons (Fsp3) is 0.100. The molecule has 148 valence electrons. The number of carbonyl (C=O) groups is 1. The van der Waals surface area contributed by atoms with Gasteiger partial charge in [0.2, 0.25) is 0 Å². The summed E-state index contributed by atoms with van der Waals surface area (Å²) in [6.07, 6.45) is 2.47. The second kappa shape index (κ2) is 9.56. The average Bonchev–Trinajstić information content (AvgIpc) is 3.18. The van der Waals surface area contributed by atoms with Gasteiger partial charge in [-0.2, -0.15) is 0 Å². The Morgan fingerprint density at radius 1 is 1.17 bits per heavy atom. The number of nitro benzene ring substituents is 1. The first-order valence-corrected chi connectivity index (χ1v) is 9.29. The first-order valence-electron chi connectivity index (χ1n) is 8.41. The maximum atomic E-state index is 12.9. The number of carbonyl (C=O) groups excluding carboxylic acids is 1. The SMILES string of the molecule is O=C(/C=C/c1ccccc1[N+](=O)[O-])OCc1csc(COc2ccc(F)cc2)n1. The number of rotatable bonds is 8. The van der Waals surface area contributed by atoms with Crippen molar-refractivity contribution in [3.63, 3.8) is 0 Å². The highest BCUT2D eigenvalue weighted by atomic mass is 32.1. The molecule has 29 heavy (non-hydrogen) atoms. The molecule has 2 aromatic carbocycles. The second-order valence-corrected chi connectivity index (χ2v) is 6.67. The van der Waals surface area contributed by atoms with E-state index in [0.717, 1.165) is 6.08 Å². The molecule has 0 saturated carbocycles. The van der Waals surface area contributed by atoms with Crippen molar-refractivity contribution >= 4 is 29.1 Å². The predicted octanol–water partition coefficient (Wildman–Crippen LogP) is 4.53. The number of hydrogen-bond acceptors (Lipinski definition) is 7. The third-order valence-electron chi connectivity index (χ3n) is 3.67. The monoisotopic (exact) mass is 414 g/mol. The number of para-hydroxylation sites is 1. The third-order valence-corrected chi connectivity index (χ3v) is 4.54. The zero-order chi connectivity index (χ0) is 20.6. The highest BCUT2D eigenvalue weighted by molar-refractivity contribution is 7.09. The summed E-state index contributed by atoms with van der Waals surface area (Å²) in [6.45, 7) is 0.176. The van der Waals surface area contributed by atoms with E-state index < -0.39 is 10.9 Å². The van der Waals surface area contributed by atoms with Gasteiger partial charge in [0.05, 0.1) is 16.2 Å². The molecule has 0 bridgehead atoms. The van der Waals surface area contributed by atoms with Crippen molar-refractivity contribution in [1.29, 1.82) is 0 Å². The van der Waals surface area contributed by atoms with Crippen molar-refractivity contribution in [2.24, 2.45) is 0 Å². The van der Waals surface area contributed by atoms with Gasteiger partial charge in [-0.3, -0.25) is 10.1 Å². The largest absolute Gasteiger partial charge is 0.486 e. The van der Waals surface area contributed by atoms with Crippen LogP contribution in [0.2, 0.25) is 0 Å². The highest BCUT2D eigenvalue weighted by Crippen LogP contribution is 2.19. The summed E-state index contributed by atoms with van der Waals surface area (Å²) in [5.41, 5.74) is 0.769. The van der Waals surface area contributed by atoms with Crippen LogP contribution < -0.4 is 4.74 Å². The van der Waals surface area contributed by atoms with Gasteiger partial charge in [-0.1, -0.05) is 12.1 Å². The summed E-state index contributed by atoms with van der Waals surface area (Å²) in [5.74, 6) is -0.457. The molecule has 3 rings (SSSR count). The Kier molecular flexibility index (Phi) is 6.64. The van der Waals surface area contributed by atoms with Crippen molar-refractivity contribution < 1.29 is 23.6 Å². The second-order valence-electron chi connectivity index (χ2n) is 5.73. The van der Waals surface area contributed by atoms with Crippen LogP contribution in [0, 0.1) is 15.9 Å². The van der Waals surface area contributed by atoms with Crippen molar-refractivity contribution in [3.05, 3.63) is 92.2 Å². The van der Waals surface area contributed by atoms with E-state index in [9.17, 15) is 19.3 Å². The molecule has 9 heteroatoms. The van der Waals surface area contributed by atoms with Crippen molar-refractivity contribution in [2.75, 3.05) is 0 Å². The molecule has 3 aromatic rings. The Balaban J connectivity index is 1.49. The zero-order valence-corrected chi connectivity index (χ0v) is 15.8. The Morgan fingerprint density at radius 2 is 1.93 bits per heavy atom. The molecule has 0 aliphatic rings. The number of hydrogen-bond donors (Lipinski definition) is 0. The van der Waals surface area contributed by atoms with Crippen LogP contribution in [0.5, 0.6) is 5.75 Å². The van der Waals surface area contributed by atoms with Crippen LogP contribution in [-0.2, 0) is 22.7 Å². The van der Waals surface area contributed by atoms with Gasteiger partial charge >= 0.3 is 5.97 Å². The smallest absolute Gasteiger partial charge is 0.331 e. The molecule has 0 unspecified atom stereocenters. The van der Waals surface area contributed by atoms with Crippen LogP contribution in [-0.4, -0.2) is 15.9 Å².